The lowest BCUT2D eigenvalue weighted by molar-refractivity contribution is -0.121. The number of aliphatic hydroxyl groups is 1. The molecular formula is C11H13ClN2O2. The highest BCUT2D eigenvalue weighted by atomic mass is 35.5. The van der Waals surface area contributed by atoms with Gasteiger partial charge in [0.2, 0.25) is 5.91 Å². The van der Waals surface area contributed by atoms with Crippen LogP contribution >= 0.6 is 11.6 Å². The molecule has 1 amide bonds. The Bertz CT molecular complexity index is 397. The van der Waals surface area contributed by atoms with E-state index in [1.807, 2.05) is 18.2 Å². The van der Waals surface area contributed by atoms with Crippen molar-refractivity contribution in [2.75, 3.05) is 13.2 Å². The van der Waals surface area contributed by atoms with Crippen LogP contribution in [0.3, 0.4) is 0 Å². The molecule has 1 unspecified atom stereocenters. The summed E-state index contributed by atoms with van der Waals surface area (Å²) in [6.07, 6.45) is 0.403. The van der Waals surface area contributed by atoms with Crippen molar-refractivity contribution >= 4 is 17.5 Å². The van der Waals surface area contributed by atoms with Crippen LogP contribution in [0.1, 0.15) is 18.0 Å². The summed E-state index contributed by atoms with van der Waals surface area (Å²) in [6, 6.07) is 7.39. The molecule has 0 bridgehead atoms. The summed E-state index contributed by atoms with van der Waals surface area (Å²) in [5, 5.41) is 11.3. The van der Waals surface area contributed by atoms with Crippen molar-refractivity contribution in [2.45, 2.75) is 12.5 Å². The Balaban J connectivity index is 2.21. The number of carbonyl (C=O) groups excluding carboxylic acids is 1. The van der Waals surface area contributed by atoms with Crippen molar-refractivity contribution in [2.24, 2.45) is 0 Å². The monoisotopic (exact) mass is 240 g/mol. The number of benzene rings is 1. The number of carbonyl (C=O) groups is 1. The molecule has 1 fully saturated rings. The Morgan fingerprint density at radius 1 is 1.56 bits per heavy atom. The molecule has 5 heteroatoms. The molecule has 1 aromatic rings. The van der Waals surface area contributed by atoms with Crippen LogP contribution < -0.4 is 5.43 Å². The van der Waals surface area contributed by atoms with Crippen molar-refractivity contribution in [1.82, 2.24) is 10.4 Å². The molecule has 0 aliphatic carbocycles. The lowest BCUT2D eigenvalue weighted by Gasteiger charge is -2.22. The van der Waals surface area contributed by atoms with Gasteiger partial charge in [-0.2, -0.15) is 0 Å². The molecule has 1 saturated heterocycles. The van der Waals surface area contributed by atoms with E-state index in [9.17, 15) is 4.79 Å². The molecule has 0 aromatic heterocycles. The van der Waals surface area contributed by atoms with Crippen LogP contribution in [0, 0.1) is 0 Å². The first kappa shape index (κ1) is 11.4. The minimum Gasteiger partial charge on any atom is -0.395 e. The van der Waals surface area contributed by atoms with Crippen LogP contribution in [0.4, 0.5) is 0 Å². The molecule has 2 rings (SSSR count). The van der Waals surface area contributed by atoms with Gasteiger partial charge < -0.3 is 5.11 Å². The Labute approximate surface area is 98.8 Å². The fourth-order valence-corrected chi connectivity index (χ4v) is 2.10. The summed E-state index contributed by atoms with van der Waals surface area (Å²) in [7, 11) is 0. The number of nitrogens with one attached hydrogen (secondary N) is 1. The average Bonchev–Trinajstić information content (AvgIpc) is 2.60. The van der Waals surface area contributed by atoms with Gasteiger partial charge in [-0.25, -0.2) is 5.01 Å². The maximum absolute atomic E-state index is 11.3. The van der Waals surface area contributed by atoms with Crippen molar-refractivity contribution in [3.05, 3.63) is 34.9 Å². The van der Waals surface area contributed by atoms with E-state index in [4.69, 9.17) is 16.7 Å². The van der Waals surface area contributed by atoms with Gasteiger partial charge in [0, 0.05) is 18.0 Å². The molecule has 0 radical (unpaired) electrons. The van der Waals surface area contributed by atoms with Gasteiger partial charge >= 0.3 is 0 Å². The first-order valence-electron chi connectivity index (χ1n) is 5.13. The molecule has 1 aromatic carbocycles. The number of β-amino-alcohol motifs (C(OH)–C–C–N with tert-alkyl or cyclic N) is 1. The second-order valence-corrected chi connectivity index (χ2v) is 4.16. The highest BCUT2D eigenvalue weighted by molar-refractivity contribution is 6.30. The van der Waals surface area contributed by atoms with Gasteiger partial charge in [-0.05, 0) is 17.7 Å². The minimum absolute atomic E-state index is 0.0113. The van der Waals surface area contributed by atoms with E-state index in [0.29, 0.717) is 18.0 Å². The van der Waals surface area contributed by atoms with E-state index in [-0.39, 0.29) is 18.6 Å². The first-order chi connectivity index (χ1) is 7.70. The average molecular weight is 241 g/mol. The lowest BCUT2D eigenvalue weighted by Crippen LogP contribution is -2.36. The van der Waals surface area contributed by atoms with E-state index >= 15 is 0 Å². The topological polar surface area (TPSA) is 52.6 Å². The Kier molecular flexibility index (Phi) is 3.43. The fourth-order valence-electron chi connectivity index (χ4n) is 1.90. The summed E-state index contributed by atoms with van der Waals surface area (Å²) in [6.45, 7) is 0.431. The van der Waals surface area contributed by atoms with Gasteiger partial charge in [-0.15, -0.1) is 0 Å². The maximum atomic E-state index is 11.3. The van der Waals surface area contributed by atoms with E-state index in [1.165, 1.54) is 0 Å². The molecule has 1 atom stereocenters. The summed E-state index contributed by atoms with van der Waals surface area (Å²) in [4.78, 5) is 11.3. The largest absolute Gasteiger partial charge is 0.395 e. The van der Waals surface area contributed by atoms with E-state index in [0.717, 1.165) is 5.56 Å². The minimum atomic E-state index is -0.0432. The third kappa shape index (κ3) is 2.35. The van der Waals surface area contributed by atoms with Gasteiger partial charge in [0.25, 0.3) is 0 Å². The Hall–Kier alpha value is -1.10. The van der Waals surface area contributed by atoms with Gasteiger partial charge in [0.1, 0.15) is 0 Å². The predicted molar refractivity (Wildman–Crippen MR) is 60.7 cm³/mol. The molecule has 0 saturated carbocycles. The number of aliphatic hydroxyl groups excluding tert-OH is 1. The summed E-state index contributed by atoms with van der Waals surface area (Å²) in [5.41, 5.74) is 3.70. The Morgan fingerprint density at radius 3 is 3.06 bits per heavy atom. The highest BCUT2D eigenvalue weighted by Crippen LogP contribution is 2.28. The first-order valence-corrected chi connectivity index (χ1v) is 5.51. The van der Waals surface area contributed by atoms with Crippen molar-refractivity contribution < 1.29 is 9.90 Å². The zero-order valence-corrected chi connectivity index (χ0v) is 9.44. The predicted octanol–water partition coefficient (Wildman–Crippen LogP) is 1.11. The summed E-state index contributed by atoms with van der Waals surface area (Å²) < 4.78 is 0. The van der Waals surface area contributed by atoms with Crippen LogP contribution in [0.25, 0.3) is 0 Å². The smallest absolute Gasteiger partial charge is 0.236 e. The van der Waals surface area contributed by atoms with Crippen molar-refractivity contribution in [3.8, 4) is 0 Å². The van der Waals surface area contributed by atoms with Crippen LogP contribution in [0.5, 0.6) is 0 Å². The van der Waals surface area contributed by atoms with Crippen LogP contribution in [-0.4, -0.2) is 29.2 Å². The lowest BCUT2D eigenvalue weighted by atomic mass is 10.0. The number of hydrazine groups is 1. The van der Waals surface area contributed by atoms with Crippen LogP contribution in [-0.2, 0) is 4.79 Å². The molecular weight excluding hydrogens is 228 g/mol. The Morgan fingerprint density at radius 2 is 2.38 bits per heavy atom. The van der Waals surface area contributed by atoms with Crippen LogP contribution in [0.15, 0.2) is 24.3 Å². The van der Waals surface area contributed by atoms with Gasteiger partial charge in [-0.3, -0.25) is 10.2 Å². The molecule has 1 aliphatic rings. The maximum Gasteiger partial charge on any atom is 0.236 e. The fraction of sp³-hybridized carbons (Fsp3) is 0.364. The molecule has 4 nitrogen and oxygen atoms in total. The van der Waals surface area contributed by atoms with Gasteiger partial charge in [-0.1, -0.05) is 23.7 Å². The standard InChI is InChI=1S/C11H13ClN2O2/c12-9-3-1-2-8(6-9)10-7-11(16)13-14(10)4-5-15/h1-3,6,10,15H,4-5,7H2,(H,13,16). The summed E-state index contributed by atoms with van der Waals surface area (Å²) in [5.74, 6) is -0.0292. The molecule has 0 spiro atoms. The molecule has 1 heterocycles. The van der Waals surface area contributed by atoms with Gasteiger partial charge in [0.05, 0.1) is 12.6 Å². The van der Waals surface area contributed by atoms with E-state index < -0.39 is 0 Å². The normalized spacial score (nSPS) is 21.1. The second kappa shape index (κ2) is 4.82. The third-order valence-corrected chi connectivity index (χ3v) is 2.83. The SMILES string of the molecule is O=C1CC(c2cccc(Cl)c2)N(CCO)N1. The number of hydrogen-bond acceptors (Lipinski definition) is 3. The number of nitrogens with zero attached hydrogens (tertiary/aromatic N) is 1. The number of halogens is 1. The van der Waals surface area contributed by atoms with E-state index in [2.05, 4.69) is 5.43 Å². The van der Waals surface area contributed by atoms with E-state index in [1.54, 1.807) is 11.1 Å². The van der Waals surface area contributed by atoms with Gasteiger partial charge in [0.15, 0.2) is 0 Å². The number of amides is 1. The quantitative estimate of drug-likeness (QED) is 0.832. The zero-order valence-electron chi connectivity index (χ0n) is 8.69. The second-order valence-electron chi connectivity index (χ2n) is 3.73. The number of rotatable bonds is 3. The molecule has 86 valence electrons. The van der Waals surface area contributed by atoms with Crippen LogP contribution in [0.2, 0.25) is 5.02 Å². The highest BCUT2D eigenvalue weighted by Gasteiger charge is 2.30. The summed E-state index contributed by atoms with van der Waals surface area (Å²) >= 11 is 5.91. The zero-order chi connectivity index (χ0) is 11.5. The molecule has 1 aliphatic heterocycles. The van der Waals surface area contributed by atoms with Crippen molar-refractivity contribution in [3.63, 3.8) is 0 Å². The third-order valence-electron chi connectivity index (χ3n) is 2.60. The number of hydrogen-bond donors (Lipinski definition) is 2. The van der Waals surface area contributed by atoms with Crippen molar-refractivity contribution in [1.29, 1.82) is 0 Å². The molecule has 2 N–H and O–H groups in total. The molecule has 16 heavy (non-hydrogen) atoms.